The molecule has 0 aromatic heterocycles. The third kappa shape index (κ3) is 2.93. The van der Waals surface area contributed by atoms with Gasteiger partial charge in [0.25, 0.3) is 0 Å². The van der Waals surface area contributed by atoms with Crippen molar-refractivity contribution in [2.75, 3.05) is 43.4 Å². The number of benzene rings is 1. The number of hydrogen-bond acceptors (Lipinski definition) is 4. The monoisotopic (exact) mass is 345 g/mol. The Labute approximate surface area is 146 Å². The second-order valence-corrected chi connectivity index (χ2v) is 8.06. The van der Waals surface area contributed by atoms with Crippen molar-refractivity contribution >= 4 is 29.3 Å². The number of nitrogens with zero attached hydrogens (tertiary/aromatic N) is 2. The number of nitrogens with one attached hydrogen (secondary N) is 1. The predicted octanol–water partition coefficient (Wildman–Crippen LogP) is 1.73. The number of carbonyl (C=O) groups excluding carboxylic acids is 2. The standard InChI is InChI=1S/C18H23N3O2S/c22-16(20-9-6-18(7-10-20)5-8-19-13-18)11-21-14-3-1-2-4-15(14)24-12-17(21)23/h1-4,19H,5-13H2. The molecule has 3 heterocycles. The first-order chi connectivity index (χ1) is 11.7. The topological polar surface area (TPSA) is 52.7 Å². The van der Waals surface area contributed by atoms with E-state index in [-0.39, 0.29) is 18.4 Å². The summed E-state index contributed by atoms with van der Waals surface area (Å²) in [5.41, 5.74) is 1.28. The molecule has 0 saturated carbocycles. The van der Waals surface area contributed by atoms with Crippen molar-refractivity contribution in [3.05, 3.63) is 24.3 Å². The summed E-state index contributed by atoms with van der Waals surface area (Å²) in [5, 5.41) is 3.45. The van der Waals surface area contributed by atoms with E-state index in [9.17, 15) is 9.59 Å². The highest BCUT2D eigenvalue weighted by molar-refractivity contribution is 8.00. The highest BCUT2D eigenvalue weighted by Gasteiger charge is 2.38. The zero-order valence-corrected chi connectivity index (χ0v) is 14.6. The molecule has 4 rings (SSSR count). The van der Waals surface area contributed by atoms with Gasteiger partial charge < -0.3 is 15.1 Å². The van der Waals surface area contributed by atoms with Gasteiger partial charge in [0.1, 0.15) is 6.54 Å². The molecule has 0 bridgehead atoms. The van der Waals surface area contributed by atoms with Gasteiger partial charge in [0, 0.05) is 24.5 Å². The molecule has 24 heavy (non-hydrogen) atoms. The molecule has 1 aromatic carbocycles. The second-order valence-electron chi connectivity index (χ2n) is 7.04. The van der Waals surface area contributed by atoms with Crippen LogP contribution in [0.15, 0.2) is 29.2 Å². The Morgan fingerprint density at radius 1 is 1.21 bits per heavy atom. The number of thioether (sulfide) groups is 1. The van der Waals surface area contributed by atoms with E-state index in [0.29, 0.717) is 11.2 Å². The van der Waals surface area contributed by atoms with Gasteiger partial charge in [-0.1, -0.05) is 12.1 Å². The molecule has 2 amide bonds. The maximum absolute atomic E-state index is 12.7. The van der Waals surface area contributed by atoms with Crippen molar-refractivity contribution in [3.63, 3.8) is 0 Å². The van der Waals surface area contributed by atoms with Crippen molar-refractivity contribution < 1.29 is 9.59 Å². The molecular weight excluding hydrogens is 322 g/mol. The van der Waals surface area contributed by atoms with Crippen molar-refractivity contribution in [2.24, 2.45) is 5.41 Å². The average Bonchev–Trinajstić information content (AvgIpc) is 3.06. The Balaban J connectivity index is 1.42. The van der Waals surface area contributed by atoms with Crippen LogP contribution in [-0.4, -0.2) is 55.2 Å². The van der Waals surface area contributed by atoms with E-state index in [1.807, 2.05) is 29.2 Å². The predicted molar refractivity (Wildman–Crippen MR) is 95.3 cm³/mol. The van der Waals surface area contributed by atoms with Crippen LogP contribution in [0.4, 0.5) is 5.69 Å². The van der Waals surface area contributed by atoms with E-state index >= 15 is 0 Å². The van der Waals surface area contributed by atoms with Gasteiger partial charge in [-0.3, -0.25) is 9.59 Å². The van der Waals surface area contributed by atoms with Crippen LogP contribution in [0.25, 0.3) is 0 Å². The largest absolute Gasteiger partial charge is 0.341 e. The quantitative estimate of drug-likeness (QED) is 0.887. The van der Waals surface area contributed by atoms with Crippen LogP contribution in [-0.2, 0) is 9.59 Å². The number of para-hydroxylation sites is 1. The summed E-state index contributed by atoms with van der Waals surface area (Å²) in [6.45, 7) is 3.99. The van der Waals surface area contributed by atoms with E-state index < -0.39 is 0 Å². The number of amides is 2. The van der Waals surface area contributed by atoms with Crippen molar-refractivity contribution in [1.29, 1.82) is 0 Å². The lowest BCUT2D eigenvalue weighted by molar-refractivity contribution is -0.133. The summed E-state index contributed by atoms with van der Waals surface area (Å²) in [6, 6.07) is 7.85. The van der Waals surface area contributed by atoms with Gasteiger partial charge in [0.2, 0.25) is 11.8 Å². The summed E-state index contributed by atoms with van der Waals surface area (Å²) < 4.78 is 0. The molecule has 128 valence electrons. The molecule has 6 heteroatoms. The number of rotatable bonds is 2. The fourth-order valence-electron chi connectivity index (χ4n) is 4.02. The molecule has 0 atom stereocenters. The fourth-order valence-corrected chi connectivity index (χ4v) is 4.95. The van der Waals surface area contributed by atoms with E-state index in [1.165, 1.54) is 6.42 Å². The van der Waals surface area contributed by atoms with Gasteiger partial charge in [0.15, 0.2) is 0 Å². The smallest absolute Gasteiger partial charge is 0.242 e. The number of anilines is 1. The van der Waals surface area contributed by atoms with Gasteiger partial charge in [-0.15, -0.1) is 11.8 Å². The van der Waals surface area contributed by atoms with E-state index in [1.54, 1.807) is 16.7 Å². The van der Waals surface area contributed by atoms with Crippen LogP contribution < -0.4 is 10.2 Å². The Bertz CT molecular complexity index is 647. The number of hydrogen-bond donors (Lipinski definition) is 1. The first-order valence-corrected chi connectivity index (χ1v) is 9.66. The first-order valence-electron chi connectivity index (χ1n) is 8.68. The SMILES string of the molecule is O=C(CN1C(=O)CSc2ccccc21)N1CCC2(CCNC2)CC1. The van der Waals surface area contributed by atoms with Crippen LogP contribution in [0.5, 0.6) is 0 Å². The highest BCUT2D eigenvalue weighted by atomic mass is 32.2. The molecule has 2 saturated heterocycles. The molecule has 0 radical (unpaired) electrons. The van der Waals surface area contributed by atoms with Crippen LogP contribution >= 0.6 is 11.8 Å². The Kier molecular flexibility index (Phi) is 4.26. The Hall–Kier alpha value is -1.53. The minimum absolute atomic E-state index is 0.0283. The lowest BCUT2D eigenvalue weighted by Crippen LogP contribution is -2.49. The second kappa shape index (κ2) is 6.41. The first kappa shape index (κ1) is 16.0. The third-order valence-corrected chi connectivity index (χ3v) is 6.66. The summed E-state index contributed by atoms with van der Waals surface area (Å²) in [6.07, 6.45) is 3.38. The number of carbonyl (C=O) groups is 2. The summed E-state index contributed by atoms with van der Waals surface area (Å²) in [5.74, 6) is 0.519. The summed E-state index contributed by atoms with van der Waals surface area (Å²) >= 11 is 1.55. The number of piperidine rings is 1. The third-order valence-electron chi connectivity index (χ3n) is 5.61. The lowest BCUT2D eigenvalue weighted by atomic mass is 9.78. The van der Waals surface area contributed by atoms with Crippen LogP contribution in [0.1, 0.15) is 19.3 Å². The van der Waals surface area contributed by atoms with Crippen molar-refractivity contribution in [2.45, 2.75) is 24.2 Å². The minimum atomic E-state index is 0.0283. The summed E-state index contributed by atoms with van der Waals surface area (Å²) in [7, 11) is 0. The van der Waals surface area contributed by atoms with Crippen LogP contribution in [0.2, 0.25) is 0 Å². The zero-order chi connectivity index (χ0) is 16.6. The molecule has 1 N–H and O–H groups in total. The van der Waals surface area contributed by atoms with Crippen molar-refractivity contribution in [1.82, 2.24) is 10.2 Å². The van der Waals surface area contributed by atoms with E-state index in [0.717, 1.165) is 49.6 Å². The maximum Gasteiger partial charge on any atom is 0.242 e. The normalized spacial score (nSPS) is 22.8. The minimum Gasteiger partial charge on any atom is -0.341 e. The average molecular weight is 345 g/mol. The van der Waals surface area contributed by atoms with Crippen molar-refractivity contribution in [3.8, 4) is 0 Å². The maximum atomic E-state index is 12.7. The fraction of sp³-hybridized carbons (Fsp3) is 0.556. The van der Waals surface area contributed by atoms with E-state index in [2.05, 4.69) is 5.32 Å². The highest BCUT2D eigenvalue weighted by Crippen LogP contribution is 2.38. The van der Waals surface area contributed by atoms with Gasteiger partial charge in [-0.2, -0.15) is 0 Å². The Morgan fingerprint density at radius 3 is 2.75 bits per heavy atom. The summed E-state index contributed by atoms with van der Waals surface area (Å²) in [4.78, 5) is 29.7. The molecule has 1 aromatic rings. The number of likely N-dealkylation sites (tertiary alicyclic amines) is 1. The molecule has 0 unspecified atom stereocenters. The Morgan fingerprint density at radius 2 is 2.00 bits per heavy atom. The van der Waals surface area contributed by atoms with Crippen LogP contribution in [0.3, 0.4) is 0 Å². The lowest BCUT2D eigenvalue weighted by Gasteiger charge is -2.39. The van der Waals surface area contributed by atoms with Gasteiger partial charge in [0.05, 0.1) is 11.4 Å². The molecular formula is C18H23N3O2S. The number of fused-ring (bicyclic) bond motifs is 1. The molecule has 1 spiro atoms. The zero-order valence-electron chi connectivity index (χ0n) is 13.8. The molecule has 0 aliphatic carbocycles. The molecule has 3 aliphatic heterocycles. The van der Waals surface area contributed by atoms with Gasteiger partial charge >= 0.3 is 0 Å². The van der Waals surface area contributed by atoms with Gasteiger partial charge in [-0.25, -0.2) is 0 Å². The molecule has 3 aliphatic rings. The van der Waals surface area contributed by atoms with Gasteiger partial charge in [-0.05, 0) is 43.4 Å². The molecule has 5 nitrogen and oxygen atoms in total. The van der Waals surface area contributed by atoms with Crippen LogP contribution in [0, 0.1) is 5.41 Å². The van der Waals surface area contributed by atoms with E-state index in [4.69, 9.17) is 0 Å². The molecule has 2 fully saturated rings.